The number of nitrogens with zero attached hydrogens (tertiary/aromatic N) is 5. The van der Waals surface area contributed by atoms with E-state index in [9.17, 15) is 4.79 Å². The molecule has 0 spiro atoms. The van der Waals surface area contributed by atoms with E-state index in [1.165, 1.54) is 4.68 Å². The van der Waals surface area contributed by atoms with Crippen LogP contribution in [0.5, 0.6) is 11.6 Å². The van der Waals surface area contributed by atoms with Crippen LogP contribution in [0.25, 0.3) is 21.8 Å². The molecule has 5 aromatic rings. The van der Waals surface area contributed by atoms with Crippen molar-refractivity contribution in [2.75, 3.05) is 5.73 Å². The topological polar surface area (TPSA) is 125 Å². The van der Waals surface area contributed by atoms with Crippen LogP contribution >= 0.6 is 0 Å². The van der Waals surface area contributed by atoms with Gasteiger partial charge in [0.1, 0.15) is 17.0 Å². The van der Waals surface area contributed by atoms with Crippen LogP contribution in [0, 0.1) is 12.3 Å². The SMILES string of the molecule is Cc1cccc(Cn2ncc3c4cc(Oc5ccc(N)c(C=N)n5)ccc4n(C)c3c2=O)n1. The molecular weight excluding hydrogens is 418 g/mol. The number of benzene rings is 1. The van der Waals surface area contributed by atoms with Crippen molar-refractivity contribution in [2.24, 2.45) is 7.05 Å². The summed E-state index contributed by atoms with van der Waals surface area (Å²) in [7, 11) is 1.86. The van der Waals surface area contributed by atoms with Crippen LogP contribution in [-0.2, 0) is 13.6 Å². The maximum atomic E-state index is 13.3. The Morgan fingerprint density at radius 1 is 1.12 bits per heavy atom. The second-order valence-corrected chi connectivity index (χ2v) is 7.75. The standard InChI is InChI=1S/C24H21N7O2/c1-14-4-3-5-15(28-14)13-31-24(32)23-18(12-27-31)17-10-16(6-8-21(17)30(23)2)33-22-9-7-19(26)20(11-25)29-22/h3-12,25H,13,26H2,1-2H3. The van der Waals surface area contributed by atoms with Crippen LogP contribution in [0.3, 0.4) is 0 Å². The largest absolute Gasteiger partial charge is 0.439 e. The third kappa shape index (κ3) is 3.59. The molecule has 0 saturated heterocycles. The van der Waals surface area contributed by atoms with Gasteiger partial charge in [-0.25, -0.2) is 9.67 Å². The lowest BCUT2D eigenvalue weighted by Gasteiger charge is -2.07. The highest BCUT2D eigenvalue weighted by molar-refractivity contribution is 6.07. The van der Waals surface area contributed by atoms with Gasteiger partial charge in [0.25, 0.3) is 5.56 Å². The Labute approximate surface area is 188 Å². The molecule has 3 N–H and O–H groups in total. The van der Waals surface area contributed by atoms with Gasteiger partial charge in [0.05, 0.1) is 24.1 Å². The molecule has 0 fully saturated rings. The Bertz CT molecular complexity index is 1600. The Kier molecular flexibility index (Phi) is 4.86. The average molecular weight is 439 g/mol. The lowest BCUT2D eigenvalue weighted by Crippen LogP contribution is -2.24. The molecule has 0 amide bonds. The molecule has 0 aliphatic rings. The zero-order valence-electron chi connectivity index (χ0n) is 18.1. The van der Waals surface area contributed by atoms with Crippen molar-refractivity contribution in [1.29, 1.82) is 5.41 Å². The van der Waals surface area contributed by atoms with Gasteiger partial charge in [-0.2, -0.15) is 5.10 Å². The molecule has 0 aliphatic carbocycles. The minimum absolute atomic E-state index is 0.187. The molecule has 4 heterocycles. The number of nitrogens with one attached hydrogen (secondary N) is 1. The number of anilines is 1. The lowest BCUT2D eigenvalue weighted by molar-refractivity contribution is 0.463. The fourth-order valence-electron chi connectivity index (χ4n) is 3.92. The predicted molar refractivity (Wildman–Crippen MR) is 127 cm³/mol. The van der Waals surface area contributed by atoms with Gasteiger partial charge < -0.3 is 20.4 Å². The van der Waals surface area contributed by atoms with Crippen LogP contribution in [0.15, 0.2) is 59.5 Å². The summed E-state index contributed by atoms with van der Waals surface area (Å²) in [5.74, 6) is 0.879. The Morgan fingerprint density at radius 3 is 2.76 bits per heavy atom. The summed E-state index contributed by atoms with van der Waals surface area (Å²) in [6, 6.07) is 14.6. The highest BCUT2D eigenvalue weighted by Crippen LogP contribution is 2.31. The number of pyridine rings is 2. The van der Waals surface area contributed by atoms with E-state index >= 15 is 0 Å². The summed E-state index contributed by atoms with van der Waals surface area (Å²) < 4.78 is 9.19. The molecule has 0 radical (unpaired) electrons. The van der Waals surface area contributed by atoms with Gasteiger partial charge in [0.15, 0.2) is 0 Å². The smallest absolute Gasteiger partial charge is 0.291 e. The summed E-state index contributed by atoms with van der Waals surface area (Å²) in [5.41, 5.74) is 9.47. The molecule has 5 rings (SSSR count). The van der Waals surface area contributed by atoms with Gasteiger partial charge in [-0.1, -0.05) is 6.07 Å². The number of hydrogen-bond donors (Lipinski definition) is 2. The molecule has 1 aromatic carbocycles. The first-order valence-corrected chi connectivity index (χ1v) is 10.3. The Hall–Kier alpha value is -4.53. The van der Waals surface area contributed by atoms with Gasteiger partial charge in [-0.05, 0) is 43.3 Å². The van der Waals surface area contributed by atoms with Gasteiger partial charge in [0, 0.05) is 41.3 Å². The zero-order valence-corrected chi connectivity index (χ0v) is 18.1. The van der Waals surface area contributed by atoms with E-state index in [2.05, 4.69) is 15.1 Å². The molecule has 4 aromatic heterocycles. The number of aryl methyl sites for hydroxylation is 2. The second kappa shape index (κ2) is 7.86. The number of ether oxygens (including phenoxy) is 1. The first-order chi connectivity index (χ1) is 15.9. The van der Waals surface area contributed by atoms with Crippen molar-refractivity contribution in [2.45, 2.75) is 13.5 Å². The first kappa shape index (κ1) is 20.4. The monoisotopic (exact) mass is 439 g/mol. The molecule has 0 unspecified atom stereocenters. The van der Waals surface area contributed by atoms with E-state index in [4.69, 9.17) is 15.9 Å². The maximum Gasteiger partial charge on any atom is 0.291 e. The number of fused-ring (bicyclic) bond motifs is 3. The molecule has 9 nitrogen and oxygen atoms in total. The maximum absolute atomic E-state index is 13.3. The number of nitrogens with two attached hydrogens (primary N) is 1. The van der Waals surface area contributed by atoms with E-state index in [0.717, 1.165) is 33.9 Å². The molecule has 164 valence electrons. The van der Waals surface area contributed by atoms with Crippen LogP contribution in [0.4, 0.5) is 5.69 Å². The van der Waals surface area contributed by atoms with Gasteiger partial charge in [-0.3, -0.25) is 9.78 Å². The minimum atomic E-state index is -0.187. The Morgan fingerprint density at radius 2 is 1.97 bits per heavy atom. The summed E-state index contributed by atoms with van der Waals surface area (Å²) in [4.78, 5) is 22.0. The van der Waals surface area contributed by atoms with Crippen molar-refractivity contribution >= 4 is 33.7 Å². The fraction of sp³-hybridized carbons (Fsp3) is 0.125. The van der Waals surface area contributed by atoms with Crippen molar-refractivity contribution in [3.63, 3.8) is 0 Å². The van der Waals surface area contributed by atoms with Gasteiger partial charge >= 0.3 is 0 Å². The van der Waals surface area contributed by atoms with E-state index < -0.39 is 0 Å². The molecule has 0 atom stereocenters. The van der Waals surface area contributed by atoms with Crippen molar-refractivity contribution in [1.82, 2.24) is 24.3 Å². The minimum Gasteiger partial charge on any atom is -0.439 e. The summed E-state index contributed by atoms with van der Waals surface area (Å²) in [5, 5.41) is 13.4. The van der Waals surface area contributed by atoms with E-state index in [1.807, 2.05) is 54.9 Å². The van der Waals surface area contributed by atoms with Crippen LogP contribution < -0.4 is 16.0 Å². The van der Waals surface area contributed by atoms with Crippen LogP contribution in [0.2, 0.25) is 0 Å². The number of nitrogen functional groups attached to an aromatic ring is 1. The summed E-state index contributed by atoms with van der Waals surface area (Å²) >= 11 is 0. The third-order valence-electron chi connectivity index (χ3n) is 5.52. The van der Waals surface area contributed by atoms with E-state index in [-0.39, 0.29) is 5.56 Å². The number of aromatic nitrogens is 5. The van der Waals surface area contributed by atoms with Crippen molar-refractivity contribution in [3.8, 4) is 11.6 Å². The van der Waals surface area contributed by atoms with Gasteiger partial charge in [0.2, 0.25) is 5.88 Å². The van der Waals surface area contributed by atoms with E-state index in [0.29, 0.717) is 35.1 Å². The zero-order chi connectivity index (χ0) is 23.1. The molecule has 0 aliphatic heterocycles. The van der Waals surface area contributed by atoms with Crippen LogP contribution in [-0.4, -0.2) is 30.5 Å². The molecule has 0 saturated carbocycles. The van der Waals surface area contributed by atoms with E-state index in [1.54, 1.807) is 18.3 Å². The molecule has 33 heavy (non-hydrogen) atoms. The quantitative estimate of drug-likeness (QED) is 0.404. The summed E-state index contributed by atoms with van der Waals surface area (Å²) in [6.45, 7) is 2.21. The van der Waals surface area contributed by atoms with Gasteiger partial charge in [-0.15, -0.1) is 0 Å². The highest BCUT2D eigenvalue weighted by Gasteiger charge is 2.15. The van der Waals surface area contributed by atoms with Crippen molar-refractivity contribution in [3.05, 3.63) is 82.2 Å². The van der Waals surface area contributed by atoms with Crippen LogP contribution in [0.1, 0.15) is 17.1 Å². The molecule has 9 heteroatoms. The molecule has 0 bridgehead atoms. The number of hydrogen-bond acceptors (Lipinski definition) is 7. The third-order valence-corrected chi connectivity index (χ3v) is 5.52. The lowest BCUT2D eigenvalue weighted by atomic mass is 10.2. The highest BCUT2D eigenvalue weighted by atomic mass is 16.5. The predicted octanol–water partition coefficient (Wildman–Crippen LogP) is 3.41. The normalized spacial score (nSPS) is 11.2. The average Bonchev–Trinajstić information content (AvgIpc) is 3.09. The first-order valence-electron chi connectivity index (χ1n) is 10.3. The summed E-state index contributed by atoms with van der Waals surface area (Å²) in [6.07, 6.45) is 2.78. The van der Waals surface area contributed by atoms with Crippen molar-refractivity contribution < 1.29 is 4.74 Å². The second-order valence-electron chi connectivity index (χ2n) is 7.75. The number of rotatable bonds is 5. The fourth-order valence-corrected chi connectivity index (χ4v) is 3.92. The Balaban J connectivity index is 1.57. The molecular formula is C24H21N7O2.